The first-order valence-corrected chi connectivity index (χ1v) is 7.87. The average molecular weight is 359 g/mol. The van der Waals surface area contributed by atoms with Gasteiger partial charge in [0.15, 0.2) is 11.5 Å². The van der Waals surface area contributed by atoms with Crippen molar-refractivity contribution in [2.24, 2.45) is 11.7 Å². The molecule has 134 valence electrons. The predicted octanol–water partition coefficient (Wildman–Crippen LogP) is 1.09. The molecule has 1 fully saturated rings. The molecule has 1 saturated heterocycles. The molecule has 3 N–H and O–H groups in total. The van der Waals surface area contributed by atoms with Crippen LogP contribution in [0.1, 0.15) is 12.8 Å². The van der Waals surface area contributed by atoms with Crippen molar-refractivity contribution in [1.29, 1.82) is 0 Å². The van der Waals surface area contributed by atoms with E-state index in [1.54, 1.807) is 12.1 Å². The first-order valence-electron chi connectivity index (χ1n) is 7.87. The Balaban J connectivity index is 0.00000208. The van der Waals surface area contributed by atoms with Crippen molar-refractivity contribution in [1.82, 2.24) is 5.32 Å². The topological polar surface area (TPSA) is 92.0 Å². The molecule has 0 bridgehead atoms. The molecule has 1 aromatic carbocycles. The van der Waals surface area contributed by atoms with Crippen LogP contribution in [0.3, 0.4) is 0 Å². The van der Waals surface area contributed by atoms with Gasteiger partial charge in [0, 0.05) is 19.3 Å². The number of nitrogens with one attached hydrogen (secondary N) is 1. The number of fused-ring (bicyclic) bond motifs is 1. The highest BCUT2D eigenvalue weighted by Gasteiger charge is 2.26. The number of hydrogen-bond donors (Lipinski definition) is 2. The number of halogens is 1. The second-order valence-corrected chi connectivity index (χ2v) is 5.63. The minimum absolute atomic E-state index is 0. The Morgan fingerprint density at radius 2 is 2.04 bits per heavy atom. The lowest BCUT2D eigenvalue weighted by molar-refractivity contribution is -0.124. The van der Waals surface area contributed by atoms with Crippen molar-refractivity contribution < 1.29 is 23.7 Å². The van der Waals surface area contributed by atoms with Gasteiger partial charge in [-0.05, 0) is 30.9 Å². The fraction of sp³-hybridized carbons (Fsp3) is 0.562. The summed E-state index contributed by atoms with van der Waals surface area (Å²) < 4.78 is 21.4. The number of benzene rings is 1. The second kappa shape index (κ2) is 8.96. The molecule has 2 heterocycles. The molecule has 0 spiro atoms. The van der Waals surface area contributed by atoms with E-state index in [0.717, 1.165) is 12.8 Å². The molecular weight excluding hydrogens is 336 g/mol. The molecular formula is C16H23ClN2O5. The van der Waals surface area contributed by atoms with Gasteiger partial charge >= 0.3 is 0 Å². The van der Waals surface area contributed by atoms with Gasteiger partial charge in [0.1, 0.15) is 12.4 Å². The van der Waals surface area contributed by atoms with E-state index < -0.39 is 6.04 Å². The van der Waals surface area contributed by atoms with Crippen molar-refractivity contribution >= 4 is 18.3 Å². The summed E-state index contributed by atoms with van der Waals surface area (Å²) in [5, 5.41) is 2.82. The van der Waals surface area contributed by atoms with Crippen molar-refractivity contribution in [3.63, 3.8) is 0 Å². The number of hydrogen-bond acceptors (Lipinski definition) is 6. The predicted molar refractivity (Wildman–Crippen MR) is 89.8 cm³/mol. The fourth-order valence-corrected chi connectivity index (χ4v) is 2.72. The highest BCUT2D eigenvalue weighted by molar-refractivity contribution is 5.85. The van der Waals surface area contributed by atoms with Gasteiger partial charge in [0.2, 0.25) is 12.7 Å². The number of carbonyl (C=O) groups is 1. The summed E-state index contributed by atoms with van der Waals surface area (Å²) in [7, 11) is 0. The number of carbonyl (C=O) groups excluding carboxylic acids is 1. The smallest absolute Gasteiger partial charge is 0.237 e. The second-order valence-electron chi connectivity index (χ2n) is 5.63. The van der Waals surface area contributed by atoms with E-state index in [9.17, 15) is 4.79 Å². The van der Waals surface area contributed by atoms with Crippen LogP contribution in [0.25, 0.3) is 0 Å². The lowest BCUT2D eigenvalue weighted by Crippen LogP contribution is -2.47. The van der Waals surface area contributed by atoms with Crippen LogP contribution in [-0.2, 0) is 9.53 Å². The zero-order valence-electron chi connectivity index (χ0n) is 13.4. The van der Waals surface area contributed by atoms with E-state index in [2.05, 4.69) is 5.32 Å². The monoisotopic (exact) mass is 358 g/mol. The van der Waals surface area contributed by atoms with Crippen LogP contribution in [-0.4, -0.2) is 45.1 Å². The van der Waals surface area contributed by atoms with Gasteiger partial charge < -0.3 is 30.0 Å². The molecule has 0 saturated carbocycles. The summed E-state index contributed by atoms with van der Waals surface area (Å²) in [5.74, 6) is 2.13. The van der Waals surface area contributed by atoms with Crippen molar-refractivity contribution in [2.45, 2.75) is 18.9 Å². The van der Waals surface area contributed by atoms with Gasteiger partial charge in [0.25, 0.3) is 0 Å². The number of ether oxygens (including phenoxy) is 4. The van der Waals surface area contributed by atoms with Crippen molar-refractivity contribution in [2.75, 3.05) is 33.2 Å². The van der Waals surface area contributed by atoms with Gasteiger partial charge in [-0.2, -0.15) is 0 Å². The van der Waals surface area contributed by atoms with Crippen LogP contribution in [0.5, 0.6) is 17.2 Å². The van der Waals surface area contributed by atoms with Crippen LogP contribution in [0, 0.1) is 5.92 Å². The van der Waals surface area contributed by atoms with E-state index in [0.29, 0.717) is 43.6 Å². The molecule has 7 nitrogen and oxygen atoms in total. The van der Waals surface area contributed by atoms with Crippen LogP contribution >= 0.6 is 12.4 Å². The van der Waals surface area contributed by atoms with Crippen LogP contribution < -0.4 is 25.3 Å². The van der Waals surface area contributed by atoms with Gasteiger partial charge in [0.05, 0.1) is 12.6 Å². The molecule has 8 heteroatoms. The van der Waals surface area contributed by atoms with Gasteiger partial charge in [-0.25, -0.2) is 0 Å². The van der Waals surface area contributed by atoms with E-state index in [1.807, 2.05) is 6.07 Å². The summed E-state index contributed by atoms with van der Waals surface area (Å²) >= 11 is 0. The quantitative estimate of drug-likeness (QED) is 0.739. The Morgan fingerprint density at radius 1 is 1.29 bits per heavy atom. The molecule has 1 atom stereocenters. The summed E-state index contributed by atoms with van der Waals surface area (Å²) in [6, 6.07) is 4.91. The zero-order valence-corrected chi connectivity index (χ0v) is 14.2. The Kier molecular flexibility index (Phi) is 6.96. The normalized spacial score (nSPS) is 17.7. The third-order valence-corrected chi connectivity index (χ3v) is 4.09. The SMILES string of the molecule is Cl.NC(C(=O)NCCOc1ccc2c(c1)OCO2)C1CCOCC1. The summed E-state index contributed by atoms with van der Waals surface area (Å²) in [5.41, 5.74) is 6.01. The molecule has 1 aromatic rings. The van der Waals surface area contributed by atoms with Crippen molar-refractivity contribution in [3.8, 4) is 17.2 Å². The Labute approximate surface area is 147 Å². The maximum atomic E-state index is 12.0. The van der Waals surface area contributed by atoms with E-state index in [-0.39, 0.29) is 31.0 Å². The molecule has 24 heavy (non-hydrogen) atoms. The Morgan fingerprint density at radius 3 is 2.83 bits per heavy atom. The number of nitrogens with two attached hydrogens (primary N) is 1. The number of rotatable bonds is 6. The highest BCUT2D eigenvalue weighted by atomic mass is 35.5. The minimum Gasteiger partial charge on any atom is -0.492 e. The maximum absolute atomic E-state index is 12.0. The summed E-state index contributed by atoms with van der Waals surface area (Å²) in [6.07, 6.45) is 1.67. The van der Waals surface area contributed by atoms with E-state index >= 15 is 0 Å². The number of amides is 1. The van der Waals surface area contributed by atoms with Crippen LogP contribution in [0.15, 0.2) is 18.2 Å². The third-order valence-electron chi connectivity index (χ3n) is 4.09. The minimum atomic E-state index is -0.482. The van der Waals surface area contributed by atoms with E-state index in [4.69, 9.17) is 24.7 Å². The van der Waals surface area contributed by atoms with E-state index in [1.165, 1.54) is 0 Å². The van der Waals surface area contributed by atoms with Gasteiger partial charge in [-0.1, -0.05) is 0 Å². The largest absolute Gasteiger partial charge is 0.492 e. The summed E-state index contributed by atoms with van der Waals surface area (Å²) in [6.45, 7) is 2.37. The zero-order chi connectivity index (χ0) is 16.1. The Hall–Kier alpha value is -1.70. The first kappa shape index (κ1) is 18.6. The molecule has 1 unspecified atom stereocenters. The van der Waals surface area contributed by atoms with Crippen LogP contribution in [0.2, 0.25) is 0 Å². The lowest BCUT2D eigenvalue weighted by Gasteiger charge is -2.26. The lowest BCUT2D eigenvalue weighted by atomic mass is 9.92. The molecule has 2 aliphatic rings. The average Bonchev–Trinajstić information content (AvgIpc) is 3.06. The fourth-order valence-electron chi connectivity index (χ4n) is 2.72. The highest BCUT2D eigenvalue weighted by Crippen LogP contribution is 2.34. The maximum Gasteiger partial charge on any atom is 0.237 e. The molecule has 0 radical (unpaired) electrons. The molecule has 0 aliphatic carbocycles. The van der Waals surface area contributed by atoms with Crippen molar-refractivity contribution in [3.05, 3.63) is 18.2 Å². The first-order chi connectivity index (χ1) is 11.2. The molecule has 3 rings (SSSR count). The third kappa shape index (κ3) is 4.66. The molecule has 2 aliphatic heterocycles. The van der Waals surface area contributed by atoms with Gasteiger partial charge in [-0.15, -0.1) is 12.4 Å². The van der Waals surface area contributed by atoms with Gasteiger partial charge in [-0.3, -0.25) is 4.79 Å². The molecule has 1 amide bonds. The summed E-state index contributed by atoms with van der Waals surface area (Å²) in [4.78, 5) is 12.0. The van der Waals surface area contributed by atoms with Crippen LogP contribution in [0.4, 0.5) is 0 Å². The standard InChI is InChI=1S/C16H22N2O5.ClH/c17-15(11-3-6-20-7-4-11)16(19)18-5-8-21-12-1-2-13-14(9-12)23-10-22-13;/h1-2,9,11,15H,3-8,10,17H2,(H,18,19);1H. The molecule has 0 aromatic heterocycles. The Bertz CT molecular complexity index is 551.